The van der Waals surface area contributed by atoms with E-state index < -0.39 is 0 Å². The van der Waals surface area contributed by atoms with Crippen LogP contribution >= 0.6 is 11.6 Å². The first-order valence-corrected chi connectivity index (χ1v) is 4.04. The maximum absolute atomic E-state index is 5.50. The molecule has 0 unspecified atom stereocenters. The minimum atomic E-state index is 0.0360. The molecule has 0 fully saturated rings. The highest BCUT2D eigenvalue weighted by molar-refractivity contribution is 6.27. The fourth-order valence-corrected chi connectivity index (χ4v) is 1.23. The van der Waals surface area contributed by atoms with E-state index in [0.717, 1.165) is 11.4 Å². The summed E-state index contributed by atoms with van der Waals surface area (Å²) >= 11 is 5.50. The van der Waals surface area contributed by atoms with E-state index in [1.165, 1.54) is 0 Å². The third-order valence-electron chi connectivity index (χ3n) is 1.62. The SMILES string of the molecule is Cc1cc(-c2nnc(Cl)o2)n(C)n1. The molecule has 0 spiro atoms. The first-order chi connectivity index (χ1) is 6.16. The number of aryl methyl sites for hydroxylation is 2. The quantitative estimate of drug-likeness (QED) is 0.696. The molecule has 2 aromatic heterocycles. The van der Waals surface area contributed by atoms with E-state index in [-0.39, 0.29) is 5.35 Å². The fraction of sp³-hybridized carbons (Fsp3) is 0.286. The van der Waals surface area contributed by atoms with Crippen molar-refractivity contribution in [2.45, 2.75) is 6.92 Å². The minimum Gasteiger partial charge on any atom is -0.406 e. The van der Waals surface area contributed by atoms with Crippen molar-refractivity contribution in [3.8, 4) is 11.6 Å². The summed E-state index contributed by atoms with van der Waals surface area (Å²) in [6.07, 6.45) is 0. The van der Waals surface area contributed by atoms with Crippen LogP contribution in [0.4, 0.5) is 0 Å². The summed E-state index contributed by atoms with van der Waals surface area (Å²) in [5.74, 6) is 0.383. The second kappa shape index (κ2) is 2.85. The molecule has 0 aliphatic carbocycles. The zero-order valence-corrected chi connectivity index (χ0v) is 7.91. The van der Waals surface area contributed by atoms with Crippen LogP contribution in [0.1, 0.15) is 5.69 Å². The summed E-state index contributed by atoms with van der Waals surface area (Å²) < 4.78 is 6.71. The Labute approximate surface area is 79.3 Å². The van der Waals surface area contributed by atoms with Gasteiger partial charge in [0.15, 0.2) is 0 Å². The van der Waals surface area contributed by atoms with Crippen molar-refractivity contribution >= 4 is 11.6 Å². The predicted octanol–water partition coefficient (Wildman–Crippen LogP) is 1.43. The van der Waals surface area contributed by atoms with E-state index in [9.17, 15) is 0 Å². The van der Waals surface area contributed by atoms with Crippen LogP contribution in [0, 0.1) is 6.92 Å². The van der Waals surface area contributed by atoms with Crippen LogP contribution in [-0.4, -0.2) is 20.0 Å². The molecule has 0 aliphatic heterocycles. The molecular formula is C7H7ClN4O. The lowest BCUT2D eigenvalue weighted by molar-refractivity contribution is 0.562. The Morgan fingerprint density at radius 1 is 1.46 bits per heavy atom. The van der Waals surface area contributed by atoms with Gasteiger partial charge in [0.25, 0.3) is 5.89 Å². The number of halogens is 1. The zero-order chi connectivity index (χ0) is 9.42. The molecule has 0 saturated heterocycles. The van der Waals surface area contributed by atoms with Crippen LogP contribution in [0.2, 0.25) is 5.35 Å². The molecule has 0 aromatic carbocycles. The summed E-state index contributed by atoms with van der Waals surface area (Å²) in [6.45, 7) is 1.89. The summed E-state index contributed by atoms with van der Waals surface area (Å²) in [4.78, 5) is 0. The number of aromatic nitrogens is 4. The Morgan fingerprint density at radius 2 is 2.23 bits per heavy atom. The van der Waals surface area contributed by atoms with Gasteiger partial charge < -0.3 is 4.42 Å². The predicted molar refractivity (Wildman–Crippen MR) is 46.2 cm³/mol. The van der Waals surface area contributed by atoms with Crippen LogP contribution < -0.4 is 0 Å². The van der Waals surface area contributed by atoms with Gasteiger partial charge in [-0.1, -0.05) is 5.10 Å². The molecule has 13 heavy (non-hydrogen) atoms. The molecule has 0 saturated carbocycles. The van der Waals surface area contributed by atoms with Crippen molar-refractivity contribution < 1.29 is 4.42 Å². The van der Waals surface area contributed by atoms with Crippen molar-refractivity contribution in [3.63, 3.8) is 0 Å². The first kappa shape index (κ1) is 8.25. The fourth-order valence-electron chi connectivity index (χ4n) is 1.12. The monoisotopic (exact) mass is 198 g/mol. The highest BCUT2D eigenvalue weighted by Crippen LogP contribution is 2.19. The minimum absolute atomic E-state index is 0.0360. The Hall–Kier alpha value is -1.36. The Kier molecular flexibility index (Phi) is 1.81. The van der Waals surface area contributed by atoms with E-state index in [0.29, 0.717) is 5.89 Å². The van der Waals surface area contributed by atoms with Gasteiger partial charge in [-0.25, -0.2) is 0 Å². The number of rotatable bonds is 1. The summed E-state index contributed by atoms with van der Waals surface area (Å²) in [5, 5.41) is 11.5. The number of hydrogen-bond acceptors (Lipinski definition) is 4. The lowest BCUT2D eigenvalue weighted by atomic mass is 10.4. The molecule has 0 bridgehead atoms. The standard InChI is InChI=1S/C7H7ClN4O/c1-4-3-5(12(2)11-4)6-9-10-7(8)13-6/h3H,1-2H3. The van der Waals surface area contributed by atoms with Gasteiger partial charge in [0.1, 0.15) is 5.69 Å². The highest BCUT2D eigenvalue weighted by Gasteiger charge is 2.11. The number of nitrogens with zero attached hydrogens (tertiary/aromatic N) is 4. The smallest absolute Gasteiger partial charge is 0.313 e. The van der Waals surface area contributed by atoms with E-state index in [1.54, 1.807) is 11.7 Å². The van der Waals surface area contributed by atoms with Gasteiger partial charge in [-0.2, -0.15) is 5.10 Å². The van der Waals surface area contributed by atoms with Crippen molar-refractivity contribution in [2.24, 2.45) is 7.05 Å². The van der Waals surface area contributed by atoms with Gasteiger partial charge in [0, 0.05) is 7.05 Å². The van der Waals surface area contributed by atoms with Gasteiger partial charge in [-0.3, -0.25) is 4.68 Å². The Bertz CT molecular complexity index is 433. The molecule has 0 aliphatic rings. The molecule has 5 nitrogen and oxygen atoms in total. The maximum Gasteiger partial charge on any atom is 0.313 e. The lowest BCUT2D eigenvalue weighted by Gasteiger charge is -1.92. The summed E-state index contributed by atoms with van der Waals surface area (Å²) in [6, 6.07) is 1.85. The van der Waals surface area contributed by atoms with Gasteiger partial charge >= 0.3 is 5.35 Å². The second-order valence-electron chi connectivity index (χ2n) is 2.65. The van der Waals surface area contributed by atoms with E-state index in [2.05, 4.69) is 15.3 Å². The molecule has 0 N–H and O–H groups in total. The van der Waals surface area contributed by atoms with Gasteiger partial charge in [0.05, 0.1) is 5.69 Å². The molecule has 0 amide bonds. The highest BCUT2D eigenvalue weighted by atomic mass is 35.5. The van der Waals surface area contributed by atoms with E-state index in [4.69, 9.17) is 16.0 Å². The van der Waals surface area contributed by atoms with Crippen LogP contribution in [0.3, 0.4) is 0 Å². The average molecular weight is 199 g/mol. The van der Waals surface area contributed by atoms with Gasteiger partial charge in [-0.15, -0.1) is 5.10 Å². The van der Waals surface area contributed by atoms with E-state index in [1.807, 2.05) is 13.0 Å². The molecule has 68 valence electrons. The molecule has 0 radical (unpaired) electrons. The van der Waals surface area contributed by atoms with Crippen LogP contribution in [-0.2, 0) is 7.05 Å². The largest absolute Gasteiger partial charge is 0.406 e. The third-order valence-corrected chi connectivity index (χ3v) is 1.77. The molecular weight excluding hydrogens is 192 g/mol. The van der Waals surface area contributed by atoms with Crippen molar-refractivity contribution in [2.75, 3.05) is 0 Å². The summed E-state index contributed by atoms with van der Waals surface area (Å²) in [5.41, 5.74) is 1.66. The van der Waals surface area contributed by atoms with Crippen LogP contribution in [0.5, 0.6) is 0 Å². The maximum atomic E-state index is 5.50. The van der Waals surface area contributed by atoms with Crippen molar-refractivity contribution in [1.82, 2.24) is 20.0 Å². The van der Waals surface area contributed by atoms with Gasteiger partial charge in [0.2, 0.25) is 0 Å². The second-order valence-corrected chi connectivity index (χ2v) is 2.98. The van der Waals surface area contributed by atoms with Gasteiger partial charge in [-0.05, 0) is 24.6 Å². The molecule has 2 rings (SSSR count). The van der Waals surface area contributed by atoms with Crippen molar-refractivity contribution in [1.29, 1.82) is 0 Å². The molecule has 2 aromatic rings. The van der Waals surface area contributed by atoms with Crippen molar-refractivity contribution in [3.05, 3.63) is 17.1 Å². The third kappa shape index (κ3) is 1.42. The normalized spacial score (nSPS) is 10.7. The Morgan fingerprint density at radius 3 is 2.69 bits per heavy atom. The zero-order valence-electron chi connectivity index (χ0n) is 7.15. The lowest BCUT2D eigenvalue weighted by Crippen LogP contribution is -1.93. The topological polar surface area (TPSA) is 56.7 Å². The molecule has 6 heteroatoms. The number of hydrogen-bond donors (Lipinski definition) is 0. The van der Waals surface area contributed by atoms with Crippen LogP contribution in [0.25, 0.3) is 11.6 Å². The first-order valence-electron chi connectivity index (χ1n) is 3.67. The molecule has 0 atom stereocenters. The van der Waals surface area contributed by atoms with E-state index >= 15 is 0 Å². The van der Waals surface area contributed by atoms with Crippen LogP contribution in [0.15, 0.2) is 10.5 Å². The Balaban J connectivity index is 2.51. The molecule has 2 heterocycles. The summed E-state index contributed by atoms with van der Waals surface area (Å²) in [7, 11) is 1.81. The average Bonchev–Trinajstić information content (AvgIpc) is 2.58.